The molecule has 0 spiro atoms. The van der Waals surface area contributed by atoms with Gasteiger partial charge in [-0.3, -0.25) is 9.78 Å². The molecule has 1 aromatic carbocycles. The molecule has 1 aromatic heterocycles. The molecule has 0 bridgehead atoms. The summed E-state index contributed by atoms with van der Waals surface area (Å²) in [4.78, 5) is 16.0. The first kappa shape index (κ1) is 17.8. The fourth-order valence-corrected chi connectivity index (χ4v) is 2.74. The van der Waals surface area contributed by atoms with Crippen molar-refractivity contribution in [2.24, 2.45) is 5.10 Å². The quantitative estimate of drug-likeness (QED) is 0.656. The number of hydrazone groups is 1. The number of nitrogens with zero attached hydrogens (tertiary/aromatic N) is 3. The van der Waals surface area contributed by atoms with Crippen LogP contribution >= 0.6 is 0 Å². The Labute approximate surface area is 141 Å². The summed E-state index contributed by atoms with van der Waals surface area (Å²) in [7, 11) is -0.512. The minimum absolute atomic E-state index is 0.198. The number of benzene rings is 1. The van der Waals surface area contributed by atoms with Gasteiger partial charge in [0, 0.05) is 26.5 Å². The van der Waals surface area contributed by atoms with Crippen molar-refractivity contribution < 1.29 is 13.2 Å². The smallest absolute Gasteiger partial charge is 0.267 e. The number of sulfonamides is 1. The SMILES string of the molecule is C/C(=N/NC(=O)c1cccnc1)c1ccc(S(=O)(=O)N(C)C)cc1. The zero-order valence-corrected chi connectivity index (χ0v) is 14.4. The first-order chi connectivity index (χ1) is 11.3. The Morgan fingerprint density at radius 3 is 2.33 bits per heavy atom. The third kappa shape index (κ3) is 4.03. The number of hydrogen-bond donors (Lipinski definition) is 1. The number of amides is 1. The molecular weight excluding hydrogens is 328 g/mol. The highest BCUT2D eigenvalue weighted by Crippen LogP contribution is 2.14. The van der Waals surface area contributed by atoms with Crippen molar-refractivity contribution in [2.75, 3.05) is 14.1 Å². The van der Waals surface area contributed by atoms with E-state index in [1.54, 1.807) is 37.4 Å². The summed E-state index contributed by atoms with van der Waals surface area (Å²) in [6, 6.07) is 9.60. The van der Waals surface area contributed by atoms with Gasteiger partial charge in [0.05, 0.1) is 16.2 Å². The van der Waals surface area contributed by atoms with Gasteiger partial charge in [-0.1, -0.05) is 12.1 Å². The van der Waals surface area contributed by atoms with Crippen LogP contribution in [0.1, 0.15) is 22.8 Å². The number of hydrogen-bond acceptors (Lipinski definition) is 5. The summed E-state index contributed by atoms with van der Waals surface area (Å²) in [6.07, 6.45) is 3.02. The Morgan fingerprint density at radius 2 is 1.79 bits per heavy atom. The normalized spacial score (nSPS) is 12.2. The van der Waals surface area contributed by atoms with Gasteiger partial charge >= 0.3 is 0 Å². The van der Waals surface area contributed by atoms with E-state index < -0.39 is 10.0 Å². The Hall–Kier alpha value is -2.58. The van der Waals surface area contributed by atoms with Crippen LogP contribution in [0.2, 0.25) is 0 Å². The second-order valence-electron chi connectivity index (χ2n) is 5.19. The average molecular weight is 346 g/mol. The summed E-state index contributed by atoms with van der Waals surface area (Å²) in [5, 5.41) is 4.03. The molecule has 0 aliphatic carbocycles. The molecule has 0 aliphatic heterocycles. The van der Waals surface area contributed by atoms with E-state index in [2.05, 4.69) is 15.5 Å². The van der Waals surface area contributed by atoms with Crippen molar-refractivity contribution in [3.8, 4) is 0 Å². The Kier molecular flexibility index (Phi) is 5.42. The topological polar surface area (TPSA) is 91.7 Å². The van der Waals surface area contributed by atoms with E-state index in [1.807, 2.05) is 0 Å². The highest BCUT2D eigenvalue weighted by Gasteiger charge is 2.16. The van der Waals surface area contributed by atoms with Gasteiger partial charge in [-0.15, -0.1) is 0 Å². The molecule has 0 saturated carbocycles. The average Bonchev–Trinajstić information content (AvgIpc) is 2.60. The molecule has 0 radical (unpaired) electrons. The zero-order valence-electron chi connectivity index (χ0n) is 13.6. The fraction of sp³-hybridized carbons (Fsp3) is 0.188. The van der Waals surface area contributed by atoms with E-state index in [0.717, 1.165) is 4.31 Å². The third-order valence-corrected chi connectivity index (χ3v) is 5.13. The predicted molar refractivity (Wildman–Crippen MR) is 91.2 cm³/mol. The molecule has 2 aromatic rings. The van der Waals surface area contributed by atoms with Crippen molar-refractivity contribution >= 4 is 21.6 Å². The van der Waals surface area contributed by atoms with Crippen molar-refractivity contribution in [3.63, 3.8) is 0 Å². The van der Waals surface area contributed by atoms with Gasteiger partial charge in [-0.25, -0.2) is 18.1 Å². The lowest BCUT2D eigenvalue weighted by Crippen LogP contribution is -2.22. The van der Waals surface area contributed by atoms with Crippen LogP contribution in [0.4, 0.5) is 0 Å². The molecule has 0 fully saturated rings. The van der Waals surface area contributed by atoms with Gasteiger partial charge in [0.2, 0.25) is 10.0 Å². The van der Waals surface area contributed by atoms with Gasteiger partial charge in [0.1, 0.15) is 0 Å². The molecule has 8 heteroatoms. The largest absolute Gasteiger partial charge is 0.272 e. The van der Waals surface area contributed by atoms with Crippen LogP contribution in [0, 0.1) is 0 Å². The van der Waals surface area contributed by atoms with Crippen LogP contribution in [-0.2, 0) is 10.0 Å². The number of carbonyl (C=O) groups excluding carboxylic acids is 1. The molecule has 1 heterocycles. The first-order valence-corrected chi connectivity index (χ1v) is 8.54. The van der Waals surface area contributed by atoms with Crippen LogP contribution in [0.15, 0.2) is 58.8 Å². The Morgan fingerprint density at radius 1 is 1.12 bits per heavy atom. The van der Waals surface area contributed by atoms with Crippen LogP contribution in [0.3, 0.4) is 0 Å². The number of nitrogens with one attached hydrogen (secondary N) is 1. The van der Waals surface area contributed by atoms with Gasteiger partial charge in [0.25, 0.3) is 5.91 Å². The molecular formula is C16H18N4O3S. The summed E-state index contributed by atoms with van der Waals surface area (Å²) in [6.45, 7) is 1.72. The Bertz CT molecular complexity index is 845. The van der Waals surface area contributed by atoms with E-state index in [9.17, 15) is 13.2 Å². The molecule has 24 heavy (non-hydrogen) atoms. The number of carbonyl (C=O) groups is 1. The van der Waals surface area contributed by atoms with E-state index >= 15 is 0 Å². The highest BCUT2D eigenvalue weighted by molar-refractivity contribution is 7.89. The maximum Gasteiger partial charge on any atom is 0.272 e. The fourth-order valence-electron chi connectivity index (χ4n) is 1.84. The second kappa shape index (κ2) is 7.33. The van der Waals surface area contributed by atoms with E-state index in [0.29, 0.717) is 16.8 Å². The molecule has 0 unspecified atom stereocenters. The van der Waals surface area contributed by atoms with Crippen molar-refractivity contribution in [3.05, 3.63) is 59.9 Å². The van der Waals surface area contributed by atoms with Gasteiger partial charge in [-0.2, -0.15) is 5.10 Å². The molecule has 2 rings (SSSR count). The number of aromatic nitrogens is 1. The van der Waals surface area contributed by atoms with Crippen molar-refractivity contribution in [1.82, 2.24) is 14.7 Å². The van der Waals surface area contributed by atoms with Crippen LogP contribution in [0.5, 0.6) is 0 Å². The van der Waals surface area contributed by atoms with E-state index in [1.165, 1.54) is 32.4 Å². The summed E-state index contributed by atoms with van der Waals surface area (Å²) in [5.41, 5.74) is 4.11. The monoisotopic (exact) mass is 346 g/mol. The van der Waals surface area contributed by atoms with E-state index in [-0.39, 0.29) is 10.8 Å². The molecule has 0 aliphatic rings. The maximum atomic E-state index is 12.0. The van der Waals surface area contributed by atoms with Gasteiger partial charge < -0.3 is 0 Å². The molecule has 1 amide bonds. The molecule has 0 atom stereocenters. The number of rotatable bonds is 5. The van der Waals surface area contributed by atoms with Crippen LogP contribution in [-0.4, -0.2) is 43.4 Å². The lowest BCUT2D eigenvalue weighted by atomic mass is 10.1. The number of pyridine rings is 1. The van der Waals surface area contributed by atoms with Crippen LogP contribution < -0.4 is 5.43 Å². The molecule has 7 nitrogen and oxygen atoms in total. The minimum atomic E-state index is -3.46. The summed E-state index contributed by atoms with van der Waals surface area (Å²) >= 11 is 0. The van der Waals surface area contributed by atoms with E-state index in [4.69, 9.17) is 0 Å². The van der Waals surface area contributed by atoms with Crippen LogP contribution in [0.25, 0.3) is 0 Å². The van der Waals surface area contributed by atoms with Gasteiger partial charge in [0.15, 0.2) is 0 Å². The first-order valence-electron chi connectivity index (χ1n) is 7.10. The molecule has 126 valence electrons. The van der Waals surface area contributed by atoms with Crippen molar-refractivity contribution in [2.45, 2.75) is 11.8 Å². The second-order valence-corrected chi connectivity index (χ2v) is 7.34. The highest BCUT2D eigenvalue weighted by atomic mass is 32.2. The zero-order chi connectivity index (χ0) is 17.7. The molecule has 1 N–H and O–H groups in total. The third-order valence-electron chi connectivity index (χ3n) is 3.30. The lowest BCUT2D eigenvalue weighted by molar-refractivity contribution is 0.0954. The van der Waals surface area contributed by atoms with Gasteiger partial charge in [-0.05, 0) is 36.8 Å². The maximum absolute atomic E-state index is 12.0. The Balaban J connectivity index is 2.13. The summed E-state index contributed by atoms with van der Waals surface area (Å²) in [5.74, 6) is -0.366. The molecule has 0 saturated heterocycles. The predicted octanol–water partition coefficient (Wildman–Crippen LogP) is 1.49. The lowest BCUT2D eigenvalue weighted by Gasteiger charge is -2.11. The minimum Gasteiger partial charge on any atom is -0.267 e. The van der Waals surface area contributed by atoms with Crippen molar-refractivity contribution in [1.29, 1.82) is 0 Å². The standard InChI is InChI=1S/C16H18N4O3S/c1-12(18-19-16(21)14-5-4-10-17-11-14)13-6-8-15(9-7-13)24(22,23)20(2)3/h4-11H,1-3H3,(H,19,21)/b18-12-. The summed E-state index contributed by atoms with van der Waals surface area (Å²) < 4.78 is 25.2.